The summed E-state index contributed by atoms with van der Waals surface area (Å²) in [5.74, 6) is 0.961. The molecule has 0 saturated heterocycles. The quantitative estimate of drug-likeness (QED) is 0.245. The lowest BCUT2D eigenvalue weighted by Crippen LogP contribution is -2.29. The molecule has 0 aliphatic carbocycles. The van der Waals surface area contributed by atoms with E-state index in [0.29, 0.717) is 39.8 Å². The number of halogens is 1. The second-order valence-electron chi connectivity index (χ2n) is 8.93. The zero-order chi connectivity index (χ0) is 26.2. The number of ether oxygens (including phenoxy) is 2. The maximum atomic E-state index is 13.8. The van der Waals surface area contributed by atoms with Crippen LogP contribution < -0.4 is 19.8 Å². The van der Waals surface area contributed by atoms with Crippen LogP contribution in [-0.4, -0.2) is 13.0 Å². The number of hydrogen-bond donors (Lipinski definition) is 0. The third-order valence-corrected chi connectivity index (χ3v) is 6.86. The van der Waals surface area contributed by atoms with Gasteiger partial charge in [0.2, 0.25) is 5.76 Å². The number of hydrogen-bond acceptors (Lipinski definition) is 5. The molecule has 188 valence electrons. The fourth-order valence-corrected chi connectivity index (χ4v) is 4.93. The molecule has 2 heterocycles. The van der Waals surface area contributed by atoms with Crippen molar-refractivity contribution in [3.63, 3.8) is 0 Å². The van der Waals surface area contributed by atoms with Crippen LogP contribution in [0.5, 0.6) is 11.5 Å². The number of fused-ring (bicyclic) bond motifs is 2. The number of anilines is 1. The van der Waals surface area contributed by atoms with E-state index < -0.39 is 11.9 Å². The number of rotatable bonds is 6. The summed E-state index contributed by atoms with van der Waals surface area (Å²) in [6.45, 7) is 0.430. The van der Waals surface area contributed by atoms with Gasteiger partial charge in [-0.1, -0.05) is 54.1 Å². The molecule has 0 N–H and O–H groups in total. The largest absolute Gasteiger partial charge is 0.497 e. The maximum Gasteiger partial charge on any atom is 0.295 e. The normalized spacial score (nSPS) is 14.5. The summed E-state index contributed by atoms with van der Waals surface area (Å²) >= 11 is 6.18. The first-order chi connectivity index (χ1) is 18.5. The molecular formula is C31H22ClNO5. The standard InChI is InChI=1S/C31H22ClNO5/c1-36-23-14-10-22(11-15-23)33-28(20-7-12-24(13-8-20)37-18-19-5-3-2-4-6-19)27-29(34)25-17-21(32)9-16-26(25)38-30(27)31(33)35/h2-17,28H,18H2,1H3. The van der Waals surface area contributed by atoms with Gasteiger partial charge in [-0.15, -0.1) is 0 Å². The molecule has 0 fully saturated rings. The first-order valence-electron chi connectivity index (χ1n) is 12.0. The van der Waals surface area contributed by atoms with Crippen LogP contribution in [0.2, 0.25) is 5.02 Å². The summed E-state index contributed by atoms with van der Waals surface area (Å²) in [5, 5.41) is 0.742. The van der Waals surface area contributed by atoms with E-state index in [1.54, 1.807) is 54.5 Å². The highest BCUT2D eigenvalue weighted by Crippen LogP contribution is 2.42. The van der Waals surface area contributed by atoms with Gasteiger partial charge >= 0.3 is 0 Å². The van der Waals surface area contributed by atoms with Crippen LogP contribution in [0.15, 0.2) is 106 Å². The number of carbonyl (C=O) groups is 1. The summed E-state index contributed by atoms with van der Waals surface area (Å²) < 4.78 is 17.2. The summed E-state index contributed by atoms with van der Waals surface area (Å²) in [4.78, 5) is 29.1. The highest BCUT2D eigenvalue weighted by atomic mass is 35.5. The van der Waals surface area contributed by atoms with Crippen molar-refractivity contribution in [1.29, 1.82) is 0 Å². The molecule has 38 heavy (non-hydrogen) atoms. The minimum absolute atomic E-state index is 0.0232. The second-order valence-corrected chi connectivity index (χ2v) is 9.37. The maximum absolute atomic E-state index is 13.8. The van der Waals surface area contributed by atoms with Crippen molar-refractivity contribution < 1.29 is 18.7 Å². The Balaban J connectivity index is 1.44. The van der Waals surface area contributed by atoms with E-state index in [0.717, 1.165) is 11.1 Å². The Morgan fingerprint density at radius 1 is 0.868 bits per heavy atom. The fraction of sp³-hybridized carbons (Fsp3) is 0.0968. The van der Waals surface area contributed by atoms with Crippen molar-refractivity contribution in [1.82, 2.24) is 0 Å². The minimum Gasteiger partial charge on any atom is -0.497 e. The van der Waals surface area contributed by atoms with E-state index in [1.165, 1.54) is 0 Å². The van der Waals surface area contributed by atoms with Crippen molar-refractivity contribution in [2.24, 2.45) is 0 Å². The third kappa shape index (κ3) is 4.19. The number of benzene rings is 4. The van der Waals surface area contributed by atoms with E-state index in [9.17, 15) is 9.59 Å². The number of carbonyl (C=O) groups excluding carboxylic acids is 1. The molecule has 1 unspecified atom stereocenters. The van der Waals surface area contributed by atoms with Crippen molar-refractivity contribution in [3.8, 4) is 11.5 Å². The van der Waals surface area contributed by atoms with Crippen LogP contribution in [0.25, 0.3) is 11.0 Å². The van der Waals surface area contributed by atoms with E-state index in [4.69, 9.17) is 25.5 Å². The number of methoxy groups -OCH3 is 1. The second kappa shape index (κ2) is 9.72. The molecule has 1 aromatic heterocycles. The van der Waals surface area contributed by atoms with Crippen LogP contribution in [-0.2, 0) is 6.61 Å². The lowest BCUT2D eigenvalue weighted by atomic mass is 9.98. The third-order valence-electron chi connectivity index (χ3n) is 6.63. The lowest BCUT2D eigenvalue weighted by molar-refractivity contribution is 0.0971. The summed E-state index contributed by atoms with van der Waals surface area (Å²) in [6.07, 6.45) is 0. The summed E-state index contributed by atoms with van der Waals surface area (Å²) in [6, 6.07) is 28.5. The Morgan fingerprint density at radius 2 is 1.58 bits per heavy atom. The highest BCUT2D eigenvalue weighted by Gasteiger charge is 2.43. The molecule has 5 aromatic rings. The molecule has 6 rings (SSSR count). The molecule has 7 heteroatoms. The molecule has 0 saturated carbocycles. The molecule has 6 nitrogen and oxygen atoms in total. The molecule has 1 aliphatic rings. The van der Waals surface area contributed by atoms with Crippen molar-refractivity contribution in [2.45, 2.75) is 12.6 Å². The molecule has 1 aliphatic heterocycles. The Hall–Kier alpha value is -4.55. The van der Waals surface area contributed by atoms with E-state index in [-0.39, 0.29) is 16.8 Å². The topological polar surface area (TPSA) is 69.0 Å². The Bertz CT molecular complexity index is 1700. The minimum atomic E-state index is -0.700. The first-order valence-corrected chi connectivity index (χ1v) is 12.4. The van der Waals surface area contributed by atoms with Gasteiger partial charge in [-0.3, -0.25) is 14.5 Å². The Morgan fingerprint density at radius 3 is 2.29 bits per heavy atom. The molecule has 1 amide bonds. The first kappa shape index (κ1) is 23.8. The lowest BCUT2D eigenvalue weighted by Gasteiger charge is -2.25. The van der Waals surface area contributed by atoms with Crippen LogP contribution in [0.3, 0.4) is 0 Å². The predicted octanol–water partition coefficient (Wildman–Crippen LogP) is 6.78. The highest BCUT2D eigenvalue weighted by molar-refractivity contribution is 6.31. The monoisotopic (exact) mass is 523 g/mol. The van der Waals surface area contributed by atoms with Gasteiger partial charge in [-0.05, 0) is 65.7 Å². The molecule has 0 radical (unpaired) electrons. The number of nitrogens with zero attached hydrogens (tertiary/aromatic N) is 1. The van der Waals surface area contributed by atoms with Gasteiger partial charge in [0.05, 0.1) is 24.1 Å². The van der Waals surface area contributed by atoms with Gasteiger partial charge in [-0.25, -0.2) is 0 Å². The van der Waals surface area contributed by atoms with Crippen LogP contribution in [0.1, 0.15) is 33.3 Å². The van der Waals surface area contributed by atoms with Crippen molar-refractivity contribution in [2.75, 3.05) is 12.0 Å². The van der Waals surface area contributed by atoms with Crippen molar-refractivity contribution in [3.05, 3.63) is 135 Å². The molecule has 0 spiro atoms. The molecule has 0 bridgehead atoms. The fourth-order valence-electron chi connectivity index (χ4n) is 4.76. The smallest absolute Gasteiger partial charge is 0.295 e. The van der Waals surface area contributed by atoms with Gasteiger partial charge in [0, 0.05) is 10.7 Å². The van der Waals surface area contributed by atoms with Crippen molar-refractivity contribution >= 4 is 34.2 Å². The summed E-state index contributed by atoms with van der Waals surface area (Å²) in [5.41, 5.74) is 2.71. The molecular weight excluding hydrogens is 502 g/mol. The van der Waals surface area contributed by atoms with Gasteiger partial charge in [0.1, 0.15) is 23.7 Å². The Labute approximate surface area is 223 Å². The van der Waals surface area contributed by atoms with E-state index >= 15 is 0 Å². The van der Waals surface area contributed by atoms with Crippen LogP contribution in [0.4, 0.5) is 5.69 Å². The van der Waals surface area contributed by atoms with Crippen LogP contribution >= 0.6 is 11.6 Å². The van der Waals surface area contributed by atoms with Gasteiger partial charge < -0.3 is 13.9 Å². The van der Waals surface area contributed by atoms with E-state index in [2.05, 4.69) is 0 Å². The molecule has 4 aromatic carbocycles. The zero-order valence-corrected chi connectivity index (χ0v) is 21.1. The van der Waals surface area contributed by atoms with Gasteiger partial charge in [0.15, 0.2) is 5.43 Å². The van der Waals surface area contributed by atoms with Gasteiger partial charge in [0.25, 0.3) is 5.91 Å². The average molecular weight is 524 g/mol. The van der Waals surface area contributed by atoms with Crippen LogP contribution in [0, 0.1) is 0 Å². The summed E-state index contributed by atoms with van der Waals surface area (Å²) in [7, 11) is 1.58. The Kier molecular flexibility index (Phi) is 6.10. The number of amides is 1. The van der Waals surface area contributed by atoms with E-state index in [1.807, 2.05) is 54.6 Å². The SMILES string of the molecule is COc1ccc(N2C(=O)c3oc4ccc(Cl)cc4c(=O)c3C2c2ccc(OCc3ccccc3)cc2)cc1. The average Bonchev–Trinajstić information content (AvgIpc) is 3.25. The predicted molar refractivity (Wildman–Crippen MR) is 146 cm³/mol. The zero-order valence-electron chi connectivity index (χ0n) is 20.4. The van der Waals surface area contributed by atoms with Gasteiger partial charge in [-0.2, -0.15) is 0 Å². The molecule has 1 atom stereocenters.